The van der Waals surface area contributed by atoms with Crippen molar-refractivity contribution in [3.05, 3.63) is 65.2 Å². The molecule has 6 nitrogen and oxygen atoms in total. The summed E-state index contributed by atoms with van der Waals surface area (Å²) in [6, 6.07) is 14.9. The summed E-state index contributed by atoms with van der Waals surface area (Å²) in [5, 5.41) is 2.93. The van der Waals surface area contributed by atoms with Crippen LogP contribution >= 0.6 is 0 Å². The molecule has 0 saturated carbocycles. The van der Waals surface area contributed by atoms with Crippen molar-refractivity contribution in [3.63, 3.8) is 0 Å². The highest BCUT2D eigenvalue weighted by atomic mass is 16.5. The highest BCUT2D eigenvalue weighted by Gasteiger charge is 2.23. The lowest BCUT2D eigenvalue weighted by Gasteiger charge is -2.31. The standard InChI is InChI=1S/C23H29N3O3/c1-25(2)16-18-6-4-5-7-21(18)22(27)24-19-10-8-17(9-11-19)23(28)26(3)20-12-14-29-15-13-20/h4-11,20H,12-16H2,1-3H3,(H,24,27). The van der Waals surface area contributed by atoms with Crippen LogP contribution < -0.4 is 5.32 Å². The van der Waals surface area contributed by atoms with Gasteiger partial charge in [0.05, 0.1) is 0 Å². The molecule has 1 aliphatic heterocycles. The molecule has 29 heavy (non-hydrogen) atoms. The van der Waals surface area contributed by atoms with Crippen molar-refractivity contribution in [2.45, 2.75) is 25.4 Å². The molecule has 0 unspecified atom stereocenters. The number of anilines is 1. The van der Waals surface area contributed by atoms with E-state index in [0.717, 1.165) is 18.4 Å². The van der Waals surface area contributed by atoms with Crippen LogP contribution in [-0.2, 0) is 11.3 Å². The summed E-state index contributed by atoms with van der Waals surface area (Å²) in [5.74, 6) is -0.160. The Kier molecular flexibility index (Phi) is 7.01. The van der Waals surface area contributed by atoms with Gasteiger partial charge in [0.25, 0.3) is 11.8 Å². The third-order valence-corrected chi connectivity index (χ3v) is 5.20. The van der Waals surface area contributed by atoms with Crippen LogP contribution in [0.3, 0.4) is 0 Å². The van der Waals surface area contributed by atoms with Gasteiger partial charge in [-0.15, -0.1) is 0 Å². The molecule has 154 valence electrons. The first-order valence-electron chi connectivity index (χ1n) is 9.94. The van der Waals surface area contributed by atoms with E-state index in [9.17, 15) is 9.59 Å². The molecule has 0 radical (unpaired) electrons. The maximum absolute atomic E-state index is 12.7. The maximum atomic E-state index is 12.7. The van der Waals surface area contributed by atoms with E-state index in [4.69, 9.17) is 4.74 Å². The van der Waals surface area contributed by atoms with Crippen molar-refractivity contribution in [3.8, 4) is 0 Å². The molecule has 1 fully saturated rings. The van der Waals surface area contributed by atoms with E-state index in [2.05, 4.69) is 5.32 Å². The van der Waals surface area contributed by atoms with Crippen molar-refractivity contribution in [1.82, 2.24) is 9.80 Å². The number of benzene rings is 2. The highest BCUT2D eigenvalue weighted by Crippen LogP contribution is 2.18. The van der Waals surface area contributed by atoms with E-state index in [1.54, 1.807) is 29.2 Å². The summed E-state index contributed by atoms with van der Waals surface area (Å²) in [6.45, 7) is 2.08. The van der Waals surface area contributed by atoms with Crippen molar-refractivity contribution in [1.29, 1.82) is 0 Å². The highest BCUT2D eigenvalue weighted by molar-refractivity contribution is 6.05. The van der Waals surface area contributed by atoms with Crippen LogP contribution in [-0.4, -0.2) is 62.0 Å². The SMILES string of the molecule is CN(C)Cc1ccccc1C(=O)Nc1ccc(C(=O)N(C)C2CCOCC2)cc1. The number of nitrogens with zero attached hydrogens (tertiary/aromatic N) is 2. The van der Waals surface area contributed by atoms with Gasteiger partial charge in [-0.25, -0.2) is 0 Å². The Hall–Kier alpha value is -2.70. The van der Waals surface area contributed by atoms with Gasteiger partial charge in [0, 0.05) is 49.7 Å². The van der Waals surface area contributed by atoms with Crippen LogP contribution in [0.4, 0.5) is 5.69 Å². The van der Waals surface area contributed by atoms with Crippen molar-refractivity contribution < 1.29 is 14.3 Å². The fourth-order valence-corrected chi connectivity index (χ4v) is 3.56. The van der Waals surface area contributed by atoms with E-state index in [-0.39, 0.29) is 17.9 Å². The Morgan fingerprint density at radius 1 is 1.00 bits per heavy atom. The van der Waals surface area contributed by atoms with Crippen molar-refractivity contribution >= 4 is 17.5 Å². The molecular weight excluding hydrogens is 366 g/mol. The molecule has 0 bridgehead atoms. The zero-order valence-electron chi connectivity index (χ0n) is 17.4. The molecule has 0 atom stereocenters. The van der Waals surface area contributed by atoms with E-state index >= 15 is 0 Å². The zero-order valence-corrected chi connectivity index (χ0v) is 17.4. The summed E-state index contributed by atoms with van der Waals surface area (Å²) in [5.41, 5.74) is 2.91. The van der Waals surface area contributed by atoms with Crippen LogP contribution in [0.25, 0.3) is 0 Å². The molecule has 1 saturated heterocycles. The predicted molar refractivity (Wildman–Crippen MR) is 114 cm³/mol. The molecule has 3 rings (SSSR count). The quantitative estimate of drug-likeness (QED) is 0.816. The number of rotatable bonds is 6. The minimum atomic E-state index is -0.152. The van der Waals surface area contributed by atoms with Crippen LogP contribution in [0.2, 0.25) is 0 Å². The fraction of sp³-hybridized carbons (Fsp3) is 0.391. The summed E-state index contributed by atoms with van der Waals surface area (Å²) in [6.07, 6.45) is 1.73. The third-order valence-electron chi connectivity index (χ3n) is 5.20. The molecule has 2 aromatic carbocycles. The minimum Gasteiger partial charge on any atom is -0.381 e. The first-order chi connectivity index (χ1) is 14.0. The fourth-order valence-electron chi connectivity index (χ4n) is 3.56. The number of amides is 2. The number of nitrogens with one attached hydrogen (secondary N) is 1. The molecule has 1 aliphatic rings. The minimum absolute atomic E-state index is 0.00824. The first kappa shape index (κ1) is 21.0. The zero-order chi connectivity index (χ0) is 20.8. The lowest BCUT2D eigenvalue weighted by molar-refractivity contribution is 0.0362. The largest absolute Gasteiger partial charge is 0.381 e. The average Bonchev–Trinajstić information content (AvgIpc) is 2.74. The van der Waals surface area contributed by atoms with Crippen LogP contribution in [0, 0.1) is 0 Å². The van der Waals surface area contributed by atoms with Gasteiger partial charge in [-0.3, -0.25) is 9.59 Å². The number of hydrogen-bond donors (Lipinski definition) is 1. The lowest BCUT2D eigenvalue weighted by atomic mass is 10.1. The Balaban J connectivity index is 1.66. The predicted octanol–water partition coefficient (Wildman–Crippen LogP) is 3.25. The van der Waals surface area contributed by atoms with Gasteiger partial charge >= 0.3 is 0 Å². The molecule has 1 N–H and O–H groups in total. The molecule has 2 amide bonds. The van der Waals surface area contributed by atoms with E-state index in [1.165, 1.54) is 0 Å². The van der Waals surface area contributed by atoms with Gasteiger partial charge in [0.1, 0.15) is 0 Å². The van der Waals surface area contributed by atoms with Crippen LogP contribution in [0.15, 0.2) is 48.5 Å². The third kappa shape index (κ3) is 5.43. The summed E-state index contributed by atoms with van der Waals surface area (Å²) in [7, 11) is 5.79. The second kappa shape index (κ2) is 9.67. The Bertz CT molecular complexity index is 843. The lowest BCUT2D eigenvalue weighted by Crippen LogP contribution is -2.40. The smallest absolute Gasteiger partial charge is 0.255 e. The van der Waals surface area contributed by atoms with E-state index in [1.807, 2.05) is 50.3 Å². The number of ether oxygens (including phenoxy) is 1. The van der Waals surface area contributed by atoms with Gasteiger partial charge in [-0.1, -0.05) is 18.2 Å². The van der Waals surface area contributed by atoms with Crippen molar-refractivity contribution in [2.75, 3.05) is 39.7 Å². The van der Waals surface area contributed by atoms with Gasteiger partial charge in [-0.2, -0.15) is 0 Å². The Morgan fingerprint density at radius 3 is 2.31 bits per heavy atom. The molecule has 6 heteroatoms. The van der Waals surface area contributed by atoms with E-state index in [0.29, 0.717) is 36.6 Å². The van der Waals surface area contributed by atoms with Crippen LogP contribution in [0.1, 0.15) is 39.1 Å². The second-order valence-corrected chi connectivity index (χ2v) is 7.69. The average molecular weight is 396 g/mol. The van der Waals surface area contributed by atoms with Crippen molar-refractivity contribution in [2.24, 2.45) is 0 Å². The summed E-state index contributed by atoms with van der Waals surface area (Å²) >= 11 is 0. The monoisotopic (exact) mass is 395 g/mol. The molecule has 0 spiro atoms. The molecule has 0 aromatic heterocycles. The molecule has 1 heterocycles. The normalized spacial score (nSPS) is 14.6. The van der Waals surface area contributed by atoms with Gasteiger partial charge in [0.2, 0.25) is 0 Å². The maximum Gasteiger partial charge on any atom is 0.255 e. The van der Waals surface area contributed by atoms with Crippen LogP contribution in [0.5, 0.6) is 0 Å². The second-order valence-electron chi connectivity index (χ2n) is 7.69. The molecule has 2 aromatic rings. The number of hydrogen-bond acceptors (Lipinski definition) is 4. The van der Waals surface area contributed by atoms with Gasteiger partial charge < -0.3 is 19.9 Å². The van der Waals surface area contributed by atoms with Gasteiger partial charge in [0.15, 0.2) is 0 Å². The van der Waals surface area contributed by atoms with E-state index < -0.39 is 0 Å². The first-order valence-corrected chi connectivity index (χ1v) is 9.94. The summed E-state index contributed by atoms with van der Waals surface area (Å²) in [4.78, 5) is 29.3. The molecular formula is C23H29N3O3. The Labute approximate surface area is 172 Å². The molecule has 0 aliphatic carbocycles. The topological polar surface area (TPSA) is 61.9 Å². The summed E-state index contributed by atoms with van der Waals surface area (Å²) < 4.78 is 5.37. The number of carbonyl (C=O) groups is 2. The Morgan fingerprint density at radius 2 is 1.66 bits per heavy atom. The number of carbonyl (C=O) groups excluding carboxylic acids is 2. The van der Waals surface area contributed by atoms with Gasteiger partial charge in [-0.05, 0) is 62.8 Å².